The summed E-state index contributed by atoms with van der Waals surface area (Å²) in [6.45, 7) is 3.64. The van der Waals surface area contributed by atoms with Crippen LogP contribution in [0.15, 0.2) is 23.2 Å². The molecule has 0 saturated carbocycles. The molecule has 142 valence electrons. The van der Waals surface area contributed by atoms with Crippen molar-refractivity contribution in [2.24, 2.45) is 4.99 Å². The van der Waals surface area contributed by atoms with Gasteiger partial charge in [0.15, 0.2) is 5.96 Å². The summed E-state index contributed by atoms with van der Waals surface area (Å²) < 4.78 is 14.1. The van der Waals surface area contributed by atoms with Crippen LogP contribution in [0, 0.1) is 17.1 Å². The number of aliphatic imine (C=N–C) groups is 1. The number of aryl methyl sites for hydroxylation is 2. The molecule has 0 atom stereocenters. The number of nitrogens with one attached hydrogen (secondary N) is 1. The molecule has 1 aromatic heterocycles. The van der Waals surface area contributed by atoms with Gasteiger partial charge in [-0.15, -0.1) is 11.3 Å². The third kappa shape index (κ3) is 4.83. The molecule has 0 bridgehead atoms. The molecule has 3 rings (SSSR count). The van der Waals surface area contributed by atoms with Crippen LogP contribution in [0.2, 0.25) is 0 Å². The van der Waals surface area contributed by atoms with E-state index in [9.17, 15) is 4.39 Å². The molecule has 0 saturated heterocycles. The van der Waals surface area contributed by atoms with Crippen LogP contribution in [-0.4, -0.2) is 29.4 Å². The number of rotatable bonds is 5. The van der Waals surface area contributed by atoms with Gasteiger partial charge in [0.1, 0.15) is 10.8 Å². The Morgan fingerprint density at radius 1 is 1.41 bits per heavy atom. The topological polar surface area (TPSA) is 64.3 Å². The molecule has 1 aliphatic rings. The lowest BCUT2D eigenvalue weighted by molar-refractivity contribution is 0.474. The predicted molar refractivity (Wildman–Crippen MR) is 106 cm³/mol. The van der Waals surface area contributed by atoms with E-state index in [-0.39, 0.29) is 6.54 Å². The summed E-state index contributed by atoms with van der Waals surface area (Å²) in [5.41, 5.74) is 2.05. The number of fused-ring (bicyclic) bond motifs is 1. The van der Waals surface area contributed by atoms with Gasteiger partial charge in [-0.05, 0) is 44.7 Å². The summed E-state index contributed by atoms with van der Waals surface area (Å²) in [5, 5.41) is 13.2. The summed E-state index contributed by atoms with van der Waals surface area (Å²) >= 11 is 1.79. The van der Waals surface area contributed by atoms with Gasteiger partial charge in [0, 0.05) is 24.0 Å². The van der Waals surface area contributed by atoms with E-state index in [1.165, 1.54) is 29.5 Å². The third-order valence-electron chi connectivity index (χ3n) is 4.54. The average Bonchev–Trinajstić information content (AvgIpc) is 3.08. The number of hydrogen-bond acceptors (Lipinski definition) is 4. The van der Waals surface area contributed by atoms with Gasteiger partial charge in [0.2, 0.25) is 0 Å². The fourth-order valence-corrected chi connectivity index (χ4v) is 4.34. The maximum atomic E-state index is 14.1. The Bertz CT molecular complexity index is 844. The number of thiazole rings is 1. The summed E-state index contributed by atoms with van der Waals surface area (Å²) in [6, 6.07) is 6.43. The van der Waals surface area contributed by atoms with Gasteiger partial charge in [-0.3, -0.25) is 0 Å². The number of benzene rings is 1. The van der Waals surface area contributed by atoms with Gasteiger partial charge in [-0.1, -0.05) is 6.07 Å². The van der Waals surface area contributed by atoms with Crippen molar-refractivity contribution in [3.05, 3.63) is 50.7 Å². The second-order valence-corrected chi connectivity index (χ2v) is 7.80. The summed E-state index contributed by atoms with van der Waals surface area (Å²) in [5.74, 6) is 0.318. The minimum atomic E-state index is -0.399. The molecule has 0 radical (unpaired) electrons. The molecule has 1 aliphatic carbocycles. The van der Waals surface area contributed by atoms with Crippen molar-refractivity contribution in [1.82, 2.24) is 15.2 Å². The van der Waals surface area contributed by atoms with Gasteiger partial charge >= 0.3 is 0 Å². The highest BCUT2D eigenvalue weighted by atomic mass is 32.1. The first-order valence-corrected chi connectivity index (χ1v) is 10.1. The van der Waals surface area contributed by atoms with Crippen LogP contribution in [-0.2, 0) is 25.9 Å². The highest BCUT2D eigenvalue weighted by Crippen LogP contribution is 2.27. The Morgan fingerprint density at radius 2 is 2.22 bits per heavy atom. The fourth-order valence-electron chi connectivity index (χ4n) is 3.13. The quantitative estimate of drug-likeness (QED) is 0.631. The molecule has 5 nitrogen and oxygen atoms in total. The molecular weight excluding hydrogens is 361 g/mol. The monoisotopic (exact) mass is 385 g/mol. The minimum absolute atomic E-state index is 0.221. The zero-order valence-corrected chi connectivity index (χ0v) is 16.6. The van der Waals surface area contributed by atoms with Crippen LogP contribution in [0.5, 0.6) is 0 Å². The van der Waals surface area contributed by atoms with Gasteiger partial charge in [0.05, 0.1) is 30.4 Å². The molecule has 1 aromatic carbocycles. The van der Waals surface area contributed by atoms with Crippen LogP contribution in [0.1, 0.15) is 46.5 Å². The Balaban J connectivity index is 1.71. The number of halogens is 1. The summed E-state index contributed by atoms with van der Waals surface area (Å²) in [7, 11) is 1.97. The van der Waals surface area contributed by atoms with Crippen LogP contribution in [0.3, 0.4) is 0 Å². The van der Waals surface area contributed by atoms with Gasteiger partial charge in [-0.25, -0.2) is 14.4 Å². The van der Waals surface area contributed by atoms with E-state index in [1.54, 1.807) is 23.5 Å². The molecule has 2 aromatic rings. The molecule has 0 fully saturated rings. The number of hydrogen-bond donors (Lipinski definition) is 1. The number of nitriles is 1. The van der Waals surface area contributed by atoms with E-state index in [1.807, 2.05) is 24.9 Å². The van der Waals surface area contributed by atoms with Crippen LogP contribution in [0.4, 0.5) is 4.39 Å². The smallest absolute Gasteiger partial charge is 0.194 e. The van der Waals surface area contributed by atoms with Crippen molar-refractivity contribution in [3.8, 4) is 6.07 Å². The lowest BCUT2D eigenvalue weighted by Crippen LogP contribution is -2.38. The molecule has 1 N–H and O–H groups in total. The van der Waals surface area contributed by atoms with Gasteiger partial charge in [0.25, 0.3) is 0 Å². The third-order valence-corrected chi connectivity index (χ3v) is 5.68. The second kappa shape index (κ2) is 8.96. The van der Waals surface area contributed by atoms with E-state index < -0.39 is 5.82 Å². The Morgan fingerprint density at radius 3 is 2.93 bits per heavy atom. The number of nitrogens with zero attached hydrogens (tertiary/aromatic N) is 4. The van der Waals surface area contributed by atoms with Crippen molar-refractivity contribution in [2.45, 2.75) is 45.7 Å². The van der Waals surface area contributed by atoms with Crippen LogP contribution >= 0.6 is 11.3 Å². The largest absolute Gasteiger partial charge is 0.357 e. The Hall–Kier alpha value is -2.46. The molecule has 1 heterocycles. The normalized spacial score (nSPS) is 13.8. The molecule has 0 spiro atoms. The van der Waals surface area contributed by atoms with E-state index in [2.05, 4.69) is 10.3 Å². The predicted octanol–water partition coefficient (Wildman–Crippen LogP) is 3.63. The lowest BCUT2D eigenvalue weighted by atomic mass is 10.0. The first kappa shape index (κ1) is 19.3. The summed E-state index contributed by atoms with van der Waals surface area (Å²) in [6.07, 6.45) is 4.71. The molecule has 27 heavy (non-hydrogen) atoms. The van der Waals surface area contributed by atoms with Crippen molar-refractivity contribution >= 4 is 17.3 Å². The zero-order valence-electron chi connectivity index (χ0n) is 15.8. The fraction of sp³-hybridized carbons (Fsp3) is 0.450. The van der Waals surface area contributed by atoms with E-state index >= 15 is 0 Å². The first-order chi connectivity index (χ1) is 13.1. The Labute approximate surface area is 163 Å². The van der Waals surface area contributed by atoms with Crippen molar-refractivity contribution in [2.75, 3.05) is 13.6 Å². The van der Waals surface area contributed by atoms with Crippen molar-refractivity contribution < 1.29 is 4.39 Å². The highest BCUT2D eigenvalue weighted by molar-refractivity contribution is 7.11. The first-order valence-electron chi connectivity index (χ1n) is 9.26. The van der Waals surface area contributed by atoms with Crippen LogP contribution in [0.25, 0.3) is 0 Å². The Kier molecular flexibility index (Phi) is 6.40. The molecular formula is C20H24FN5S. The van der Waals surface area contributed by atoms with Crippen LogP contribution < -0.4 is 5.32 Å². The zero-order chi connectivity index (χ0) is 19.2. The second-order valence-electron chi connectivity index (χ2n) is 6.63. The molecule has 0 unspecified atom stereocenters. The molecule has 0 amide bonds. The lowest BCUT2D eigenvalue weighted by Gasteiger charge is -2.21. The van der Waals surface area contributed by atoms with E-state index in [0.29, 0.717) is 17.7 Å². The van der Waals surface area contributed by atoms with Crippen molar-refractivity contribution in [1.29, 1.82) is 5.26 Å². The van der Waals surface area contributed by atoms with Crippen molar-refractivity contribution in [3.63, 3.8) is 0 Å². The highest BCUT2D eigenvalue weighted by Gasteiger charge is 2.17. The number of guanidine groups is 1. The van der Waals surface area contributed by atoms with E-state index in [0.717, 1.165) is 30.4 Å². The summed E-state index contributed by atoms with van der Waals surface area (Å²) in [4.78, 5) is 12.8. The standard InChI is InChI=1S/C20H24FN5S/c1-3-23-20(24-12-15-9-8-14(11-22)10-16(15)21)26(2)13-19-25-17-6-4-5-7-18(17)27-19/h8-10H,3-7,12-13H2,1-2H3,(H,23,24). The van der Waals surface area contributed by atoms with E-state index in [4.69, 9.17) is 10.2 Å². The van der Waals surface area contributed by atoms with Gasteiger partial charge in [-0.2, -0.15) is 5.26 Å². The minimum Gasteiger partial charge on any atom is -0.357 e. The SMILES string of the molecule is CCNC(=NCc1ccc(C#N)cc1F)N(C)Cc1nc2c(s1)CCCC2. The molecule has 0 aliphatic heterocycles. The number of aromatic nitrogens is 1. The van der Waals surface area contributed by atoms with Gasteiger partial charge < -0.3 is 10.2 Å². The maximum Gasteiger partial charge on any atom is 0.194 e. The average molecular weight is 386 g/mol. The maximum absolute atomic E-state index is 14.1. The molecule has 7 heteroatoms.